The molecule has 8 bridgehead atoms. The Morgan fingerprint density at radius 1 is 0.870 bits per heavy atom. The lowest BCUT2D eigenvalue weighted by Crippen LogP contribution is -2.37. The lowest BCUT2D eigenvalue weighted by Gasteiger charge is -2.24. The van der Waals surface area contributed by atoms with Gasteiger partial charge in [-0.3, -0.25) is 24.3 Å². The Hall–Kier alpha value is -5.35. The maximum Gasteiger partial charge on any atom is 0.305 e. The first-order chi connectivity index (χ1) is 25.7. The number of nitrogens with one attached hydrogen (secondary N) is 2. The van der Waals surface area contributed by atoms with Crippen LogP contribution in [0.1, 0.15) is 142 Å². The molecule has 6 heterocycles. The molecule has 0 fully saturated rings. The number of ether oxygens (including phenoxy) is 2. The number of aromatic nitrogens is 4. The molecule has 3 aliphatic rings. The molecule has 10 heteroatoms. The normalized spacial score (nSPS) is 17.4. The van der Waals surface area contributed by atoms with E-state index < -0.39 is 5.91 Å². The molecule has 7 rings (SSSR count). The molecule has 0 aliphatic carbocycles. The summed E-state index contributed by atoms with van der Waals surface area (Å²) >= 11 is 0. The number of benzene rings is 1. The number of carbonyl (C=O) groups excluding carboxylic acids is 3. The van der Waals surface area contributed by atoms with Crippen LogP contribution in [0.15, 0.2) is 36.4 Å². The van der Waals surface area contributed by atoms with Gasteiger partial charge in [-0.2, -0.15) is 0 Å². The van der Waals surface area contributed by atoms with Crippen LogP contribution >= 0.6 is 0 Å². The highest BCUT2D eigenvalue weighted by atomic mass is 16.5. The first-order valence-corrected chi connectivity index (χ1v) is 18.8. The number of aryl methyl sites for hydroxylation is 4. The van der Waals surface area contributed by atoms with Gasteiger partial charge in [-0.1, -0.05) is 43.2 Å². The van der Waals surface area contributed by atoms with Crippen LogP contribution in [0.3, 0.4) is 0 Å². The molecule has 1 aromatic carbocycles. The van der Waals surface area contributed by atoms with Gasteiger partial charge in [0.2, 0.25) is 0 Å². The number of esters is 1. The number of rotatable bonds is 8. The number of amides is 2. The molecule has 4 aromatic rings. The van der Waals surface area contributed by atoms with Crippen LogP contribution < -0.4 is 0 Å². The summed E-state index contributed by atoms with van der Waals surface area (Å²) in [5.74, 6) is -1.57. The number of hydrogen-bond acceptors (Lipinski definition) is 7. The van der Waals surface area contributed by atoms with Gasteiger partial charge in [0.05, 0.1) is 53.5 Å². The smallest absolute Gasteiger partial charge is 0.305 e. The molecule has 0 saturated carbocycles. The minimum Gasteiger partial charge on any atom is -0.469 e. The number of carbonyl (C=O) groups is 3. The van der Waals surface area contributed by atoms with Crippen LogP contribution in [-0.4, -0.2) is 56.8 Å². The number of hydrogen-bond donors (Lipinski definition) is 2. The second-order valence-corrected chi connectivity index (χ2v) is 15.1. The van der Waals surface area contributed by atoms with E-state index >= 15 is 0 Å². The van der Waals surface area contributed by atoms with Crippen molar-refractivity contribution < 1.29 is 23.9 Å². The second-order valence-electron chi connectivity index (χ2n) is 15.1. The highest BCUT2D eigenvalue weighted by molar-refractivity contribution is 6.23. The molecule has 280 valence electrons. The van der Waals surface area contributed by atoms with Crippen LogP contribution in [0.25, 0.3) is 33.2 Å². The Kier molecular flexibility index (Phi) is 9.68. The van der Waals surface area contributed by atoms with Crippen molar-refractivity contribution in [1.82, 2.24) is 24.8 Å². The average Bonchev–Trinajstić information content (AvgIpc) is 3.81. The van der Waals surface area contributed by atoms with Crippen molar-refractivity contribution in [1.29, 1.82) is 0 Å². The molecule has 10 nitrogen and oxygen atoms in total. The minimum atomic E-state index is -0.430. The third-order valence-corrected chi connectivity index (χ3v) is 11.5. The Balaban J connectivity index is 1.54. The zero-order valence-electron chi connectivity index (χ0n) is 32.9. The van der Waals surface area contributed by atoms with Crippen LogP contribution in [0, 0.1) is 27.7 Å². The number of methoxy groups -OCH3 is 1. The molecule has 2 amide bonds. The summed E-state index contributed by atoms with van der Waals surface area (Å²) in [7, 11) is 2.89. The maximum absolute atomic E-state index is 14.2. The molecular formula is C44H49N5O5. The summed E-state index contributed by atoms with van der Waals surface area (Å²) in [6.45, 7) is 17.0. The topological polar surface area (TPSA) is 130 Å². The first kappa shape index (κ1) is 37.0. The van der Waals surface area contributed by atoms with Gasteiger partial charge in [0.15, 0.2) is 0 Å². The number of aromatic amines is 2. The number of H-pyrrole nitrogens is 2. The second kappa shape index (κ2) is 14.1. The van der Waals surface area contributed by atoms with E-state index in [0.29, 0.717) is 40.9 Å². The summed E-state index contributed by atoms with van der Waals surface area (Å²) in [5, 5.41) is 0. The van der Waals surface area contributed by atoms with Gasteiger partial charge in [-0.25, -0.2) is 4.98 Å². The molecular weight excluding hydrogens is 679 g/mol. The zero-order valence-corrected chi connectivity index (χ0v) is 32.9. The Morgan fingerprint density at radius 3 is 2.22 bits per heavy atom. The molecule has 0 spiro atoms. The van der Waals surface area contributed by atoms with Gasteiger partial charge in [-0.05, 0) is 100 Å². The van der Waals surface area contributed by atoms with E-state index in [-0.39, 0.29) is 36.2 Å². The molecule has 3 aromatic heterocycles. The lowest BCUT2D eigenvalue weighted by molar-refractivity contribution is -0.140. The molecule has 3 aliphatic heterocycles. The van der Waals surface area contributed by atoms with Crippen molar-refractivity contribution in [2.24, 2.45) is 0 Å². The first-order valence-electron chi connectivity index (χ1n) is 18.8. The van der Waals surface area contributed by atoms with Crippen molar-refractivity contribution in [3.63, 3.8) is 0 Å². The molecule has 0 radical (unpaired) electrons. The highest BCUT2D eigenvalue weighted by Gasteiger charge is 2.40. The van der Waals surface area contributed by atoms with Crippen molar-refractivity contribution in [2.45, 2.75) is 99.2 Å². The van der Waals surface area contributed by atoms with Crippen molar-refractivity contribution in [2.75, 3.05) is 14.2 Å². The highest BCUT2D eigenvalue weighted by Crippen LogP contribution is 2.44. The van der Waals surface area contributed by atoms with E-state index in [9.17, 15) is 14.4 Å². The Labute approximate surface area is 316 Å². The fourth-order valence-corrected chi connectivity index (χ4v) is 8.57. The van der Waals surface area contributed by atoms with Gasteiger partial charge >= 0.3 is 5.97 Å². The van der Waals surface area contributed by atoms with Gasteiger partial charge < -0.3 is 19.4 Å². The monoisotopic (exact) mass is 727 g/mol. The lowest BCUT2D eigenvalue weighted by atomic mass is 9.84. The van der Waals surface area contributed by atoms with Crippen molar-refractivity contribution >= 4 is 51.0 Å². The summed E-state index contributed by atoms with van der Waals surface area (Å²) in [6.07, 6.45) is 1.08. The van der Waals surface area contributed by atoms with Gasteiger partial charge in [0.25, 0.3) is 11.8 Å². The summed E-state index contributed by atoms with van der Waals surface area (Å²) < 4.78 is 11.6. The van der Waals surface area contributed by atoms with E-state index in [4.69, 9.17) is 19.4 Å². The fourth-order valence-electron chi connectivity index (χ4n) is 8.57. The van der Waals surface area contributed by atoms with Crippen LogP contribution in [0.2, 0.25) is 0 Å². The quantitative estimate of drug-likeness (QED) is 0.137. The van der Waals surface area contributed by atoms with Crippen molar-refractivity contribution in [3.05, 3.63) is 104 Å². The van der Waals surface area contributed by atoms with E-state index in [2.05, 4.69) is 88.8 Å². The number of allylic oxidation sites excluding steroid dienone is 2. The standard InChI is InChI=1S/C44H49N5O5/c1-11-29-23(4)31-19-36-38(27(8)54-20-28-15-21(2)14-22(3)16-28)25(6)33(46-36)17-32-24(5)30(12-13-37(50)53-10)41(47-32)40-42-39(43(51)49(9)44(40)52)26(7)34(48-42)18-35(29)45-31/h14-19,24,27,30,46,48H,11-13,20H2,1-10H3/t24-,27?,30-/m0/s1. The average molecular weight is 728 g/mol. The van der Waals surface area contributed by atoms with Crippen LogP contribution in [0.5, 0.6) is 0 Å². The SMILES string of the molecule is CCC1=C(C)c2cc3[nH]c(cc4nc(c5c6[nH]c(cc1n2)c(C)c6C(=O)N(C)C5=O)[C@@H](CCC(=O)OC)[C@@H]4C)c(C)c3C(C)OCc1cc(C)cc(C)c1. The van der Waals surface area contributed by atoms with E-state index in [1.807, 2.05) is 13.0 Å². The summed E-state index contributed by atoms with van der Waals surface area (Å²) in [6, 6.07) is 12.6. The van der Waals surface area contributed by atoms with E-state index in [1.54, 1.807) is 0 Å². The molecule has 3 atom stereocenters. The third kappa shape index (κ3) is 6.26. The van der Waals surface area contributed by atoms with E-state index in [1.165, 1.54) is 30.2 Å². The number of nitrogens with zero attached hydrogens (tertiary/aromatic N) is 3. The zero-order chi connectivity index (χ0) is 38.7. The Bertz CT molecular complexity index is 2430. The largest absolute Gasteiger partial charge is 0.469 e. The molecule has 54 heavy (non-hydrogen) atoms. The predicted octanol–water partition coefficient (Wildman–Crippen LogP) is 9.23. The molecule has 1 unspecified atom stereocenters. The Morgan fingerprint density at radius 2 is 1.54 bits per heavy atom. The van der Waals surface area contributed by atoms with Crippen molar-refractivity contribution in [3.8, 4) is 0 Å². The maximum atomic E-state index is 14.2. The minimum absolute atomic E-state index is 0.154. The summed E-state index contributed by atoms with van der Waals surface area (Å²) in [4.78, 5) is 59.1. The van der Waals surface area contributed by atoms with Gasteiger partial charge in [0, 0.05) is 53.1 Å². The molecule has 0 saturated heterocycles. The molecule has 2 N–H and O–H groups in total. The predicted molar refractivity (Wildman–Crippen MR) is 211 cm³/mol. The van der Waals surface area contributed by atoms with Gasteiger partial charge in [0.1, 0.15) is 0 Å². The van der Waals surface area contributed by atoms with E-state index in [0.717, 1.165) is 67.9 Å². The third-order valence-electron chi connectivity index (χ3n) is 11.5. The van der Waals surface area contributed by atoms with Gasteiger partial charge in [-0.15, -0.1) is 0 Å². The summed E-state index contributed by atoms with van der Waals surface area (Å²) in [5.41, 5.74) is 15.2. The van der Waals surface area contributed by atoms with Crippen LogP contribution in [-0.2, 0) is 20.9 Å². The number of fused-ring (bicyclic) bond motifs is 8. The fraction of sp³-hybridized carbons (Fsp3) is 0.386. The number of imide groups is 1. The van der Waals surface area contributed by atoms with Crippen LogP contribution in [0.4, 0.5) is 0 Å².